The molecule has 0 atom stereocenters. The van der Waals surface area contributed by atoms with E-state index < -0.39 is 23.9 Å². The van der Waals surface area contributed by atoms with Gasteiger partial charge in [-0.3, -0.25) is 0 Å². The average molecular weight is 392 g/mol. The lowest BCUT2D eigenvalue weighted by atomic mass is 9.91. The van der Waals surface area contributed by atoms with Gasteiger partial charge in [-0.1, -0.05) is 40.5 Å². The molecule has 0 aliphatic carbocycles. The molecule has 158 valence electrons. The van der Waals surface area contributed by atoms with Crippen molar-refractivity contribution in [1.29, 1.82) is 0 Å². The first-order valence-corrected chi connectivity index (χ1v) is 7.42. The minimum absolute atomic E-state index is 0.113. The molecular formula is C18H32O9. The number of hydrogen-bond donors (Lipinski definition) is 3. The SMILES string of the molecule is C=CC(=O)O.C=CC(=O)O.C=CC(=O)O.COC(CC(C)(C)C)(OC)OC. The van der Waals surface area contributed by atoms with Crippen LogP contribution in [0.1, 0.15) is 27.2 Å². The fourth-order valence-electron chi connectivity index (χ4n) is 1.12. The Morgan fingerprint density at radius 3 is 0.963 bits per heavy atom. The molecule has 0 unspecified atom stereocenters. The molecule has 3 N–H and O–H groups in total. The number of carboxylic acid groups (broad SMARTS) is 3. The molecule has 0 saturated heterocycles. The number of ether oxygens (including phenoxy) is 3. The fourth-order valence-corrected chi connectivity index (χ4v) is 1.12. The minimum Gasteiger partial charge on any atom is -0.478 e. The summed E-state index contributed by atoms with van der Waals surface area (Å²) < 4.78 is 15.5. The van der Waals surface area contributed by atoms with Crippen molar-refractivity contribution in [3.8, 4) is 0 Å². The quantitative estimate of drug-likeness (QED) is 0.440. The lowest BCUT2D eigenvalue weighted by Gasteiger charge is -2.34. The van der Waals surface area contributed by atoms with Gasteiger partial charge in [0.15, 0.2) is 0 Å². The fraction of sp³-hybridized carbons (Fsp3) is 0.500. The summed E-state index contributed by atoms with van der Waals surface area (Å²) in [6.07, 6.45) is 3.20. The summed E-state index contributed by atoms with van der Waals surface area (Å²) in [5.41, 5.74) is 0.113. The summed E-state index contributed by atoms with van der Waals surface area (Å²) in [5.74, 6) is -3.84. The van der Waals surface area contributed by atoms with Crippen molar-refractivity contribution in [1.82, 2.24) is 0 Å². The largest absolute Gasteiger partial charge is 0.478 e. The summed E-state index contributed by atoms with van der Waals surface area (Å²) in [4.78, 5) is 27.8. The van der Waals surface area contributed by atoms with E-state index in [1.807, 2.05) is 0 Å². The third-order valence-electron chi connectivity index (χ3n) is 2.20. The zero-order chi connectivity index (χ0) is 22.7. The van der Waals surface area contributed by atoms with Gasteiger partial charge in [0.05, 0.1) is 0 Å². The van der Waals surface area contributed by atoms with Gasteiger partial charge in [-0.25, -0.2) is 14.4 Å². The maximum Gasteiger partial charge on any atom is 0.327 e. The molecule has 0 aliphatic heterocycles. The summed E-state index contributed by atoms with van der Waals surface area (Å²) in [7, 11) is 4.75. The Kier molecular flexibility index (Phi) is 21.8. The van der Waals surface area contributed by atoms with Crippen LogP contribution in [0.5, 0.6) is 0 Å². The Hall–Kier alpha value is -2.49. The maximum atomic E-state index is 9.25. The zero-order valence-corrected chi connectivity index (χ0v) is 16.9. The van der Waals surface area contributed by atoms with Crippen LogP contribution < -0.4 is 0 Å². The van der Waals surface area contributed by atoms with Gasteiger partial charge in [-0.05, 0) is 5.41 Å². The zero-order valence-electron chi connectivity index (χ0n) is 16.9. The summed E-state index contributed by atoms with van der Waals surface area (Å²) in [6, 6.07) is 0. The van der Waals surface area contributed by atoms with Gasteiger partial charge >= 0.3 is 17.9 Å². The van der Waals surface area contributed by atoms with E-state index in [-0.39, 0.29) is 5.41 Å². The van der Waals surface area contributed by atoms with Crippen molar-refractivity contribution in [2.24, 2.45) is 5.41 Å². The second-order valence-corrected chi connectivity index (χ2v) is 5.66. The number of carbonyl (C=O) groups is 3. The van der Waals surface area contributed by atoms with Crippen molar-refractivity contribution >= 4 is 17.9 Å². The van der Waals surface area contributed by atoms with Crippen molar-refractivity contribution in [3.05, 3.63) is 38.0 Å². The van der Waals surface area contributed by atoms with Crippen molar-refractivity contribution in [3.63, 3.8) is 0 Å². The number of hydrogen-bond acceptors (Lipinski definition) is 6. The van der Waals surface area contributed by atoms with Crippen LogP contribution in [0.15, 0.2) is 38.0 Å². The van der Waals surface area contributed by atoms with E-state index in [9.17, 15) is 14.4 Å². The normalized spacial score (nSPS) is 9.56. The van der Waals surface area contributed by atoms with E-state index >= 15 is 0 Å². The Morgan fingerprint density at radius 2 is 0.926 bits per heavy atom. The molecular weight excluding hydrogens is 360 g/mol. The Bertz CT molecular complexity index is 407. The van der Waals surface area contributed by atoms with Crippen LogP contribution in [0, 0.1) is 5.41 Å². The predicted octanol–water partition coefficient (Wildman–Crippen LogP) is 2.79. The Morgan fingerprint density at radius 1 is 0.741 bits per heavy atom. The molecule has 0 aromatic rings. The van der Waals surface area contributed by atoms with Crippen LogP contribution in [0.25, 0.3) is 0 Å². The first-order chi connectivity index (χ1) is 12.2. The van der Waals surface area contributed by atoms with Gasteiger partial charge in [0.2, 0.25) is 0 Å². The third kappa shape index (κ3) is 31.7. The van der Waals surface area contributed by atoms with E-state index in [2.05, 4.69) is 40.5 Å². The molecule has 9 heteroatoms. The van der Waals surface area contributed by atoms with Gasteiger partial charge in [0, 0.05) is 46.0 Å². The van der Waals surface area contributed by atoms with Crippen molar-refractivity contribution in [2.45, 2.75) is 33.2 Å². The van der Waals surface area contributed by atoms with Crippen LogP contribution in [0.2, 0.25) is 0 Å². The summed E-state index contributed by atoms with van der Waals surface area (Å²) in [6.45, 7) is 15.2. The molecule has 0 heterocycles. The van der Waals surface area contributed by atoms with E-state index in [4.69, 9.17) is 29.5 Å². The Balaban J connectivity index is -0.000000147. The molecule has 27 heavy (non-hydrogen) atoms. The lowest BCUT2D eigenvalue weighted by molar-refractivity contribution is -0.362. The number of rotatable bonds is 7. The average Bonchev–Trinajstić information content (AvgIpc) is 2.60. The minimum atomic E-state index is -0.981. The number of carboxylic acids is 3. The standard InChI is InChI=1S/C9H20O3.3C3H4O2/c1-8(2,3)7-9(10-4,11-5)12-6;3*1-2-3(4)5/h7H2,1-6H3;3*2H,1H2,(H,4,5). The second-order valence-electron chi connectivity index (χ2n) is 5.66. The van der Waals surface area contributed by atoms with Crippen molar-refractivity contribution < 1.29 is 43.9 Å². The molecule has 0 aromatic carbocycles. The highest BCUT2D eigenvalue weighted by atomic mass is 16.9. The second kappa shape index (κ2) is 18.3. The number of methoxy groups -OCH3 is 3. The summed E-state index contributed by atoms with van der Waals surface area (Å²) >= 11 is 0. The van der Waals surface area contributed by atoms with Crippen LogP contribution >= 0.6 is 0 Å². The van der Waals surface area contributed by atoms with Crippen LogP contribution in [0.4, 0.5) is 0 Å². The van der Waals surface area contributed by atoms with E-state index in [0.717, 1.165) is 18.2 Å². The topological polar surface area (TPSA) is 140 Å². The molecule has 0 amide bonds. The van der Waals surface area contributed by atoms with Crippen molar-refractivity contribution in [2.75, 3.05) is 21.3 Å². The molecule has 0 radical (unpaired) electrons. The molecule has 0 aromatic heterocycles. The molecule has 0 fully saturated rings. The smallest absolute Gasteiger partial charge is 0.327 e. The summed E-state index contributed by atoms with van der Waals surface area (Å²) in [5, 5.41) is 22.8. The highest BCUT2D eigenvalue weighted by Gasteiger charge is 2.34. The Labute approximate surface area is 160 Å². The first-order valence-electron chi connectivity index (χ1n) is 7.42. The predicted molar refractivity (Wildman–Crippen MR) is 101 cm³/mol. The van der Waals surface area contributed by atoms with E-state index in [0.29, 0.717) is 6.42 Å². The monoisotopic (exact) mass is 392 g/mol. The third-order valence-corrected chi connectivity index (χ3v) is 2.20. The molecule has 0 spiro atoms. The lowest BCUT2D eigenvalue weighted by Crippen LogP contribution is -2.39. The first kappa shape index (κ1) is 32.2. The van der Waals surface area contributed by atoms with Gasteiger partial charge in [0.25, 0.3) is 5.97 Å². The van der Waals surface area contributed by atoms with E-state index in [1.165, 1.54) is 0 Å². The molecule has 0 bridgehead atoms. The molecule has 0 saturated carbocycles. The van der Waals surface area contributed by atoms with Gasteiger partial charge in [0.1, 0.15) is 0 Å². The van der Waals surface area contributed by atoms with E-state index in [1.54, 1.807) is 21.3 Å². The number of aliphatic carboxylic acids is 3. The molecule has 9 nitrogen and oxygen atoms in total. The van der Waals surface area contributed by atoms with Gasteiger partial charge < -0.3 is 29.5 Å². The highest BCUT2D eigenvalue weighted by molar-refractivity contribution is 5.79. The molecule has 0 rings (SSSR count). The van der Waals surface area contributed by atoms with Gasteiger partial charge in [-0.15, -0.1) is 0 Å². The highest BCUT2D eigenvalue weighted by Crippen LogP contribution is 2.30. The van der Waals surface area contributed by atoms with Gasteiger partial charge in [-0.2, -0.15) is 0 Å². The maximum absolute atomic E-state index is 9.25. The van der Waals surface area contributed by atoms with Crippen LogP contribution in [-0.4, -0.2) is 60.5 Å². The van der Waals surface area contributed by atoms with Crippen LogP contribution in [0.3, 0.4) is 0 Å². The molecule has 0 aliphatic rings. The van der Waals surface area contributed by atoms with Crippen LogP contribution in [-0.2, 0) is 28.6 Å².